The van der Waals surface area contributed by atoms with E-state index in [1.807, 2.05) is 0 Å². The highest BCUT2D eigenvalue weighted by Gasteiger charge is 2.15. The third-order valence-electron chi connectivity index (χ3n) is 3.72. The predicted molar refractivity (Wildman–Crippen MR) is 80.9 cm³/mol. The van der Waals surface area contributed by atoms with Gasteiger partial charge < -0.3 is 16.4 Å². The number of hydrogen-bond acceptors (Lipinski definition) is 4. The molecule has 0 aromatic carbocycles. The van der Waals surface area contributed by atoms with Gasteiger partial charge in [-0.15, -0.1) is 0 Å². The lowest BCUT2D eigenvalue weighted by Crippen LogP contribution is -2.36. The predicted octanol–water partition coefficient (Wildman–Crippen LogP) is 1.43. The Morgan fingerprint density at radius 2 is 2.05 bits per heavy atom. The Labute approximate surface area is 124 Å². The summed E-state index contributed by atoms with van der Waals surface area (Å²) >= 11 is 0. The molecule has 2 amide bonds. The molecule has 1 saturated carbocycles. The van der Waals surface area contributed by atoms with Crippen molar-refractivity contribution in [1.29, 1.82) is 0 Å². The van der Waals surface area contributed by atoms with Gasteiger partial charge in [0.15, 0.2) is 0 Å². The zero-order valence-electron chi connectivity index (χ0n) is 12.1. The molecule has 1 aromatic rings. The molecule has 6 heteroatoms. The second-order valence-electron chi connectivity index (χ2n) is 5.36. The molecular formula is C15H22N4O2. The van der Waals surface area contributed by atoms with Crippen molar-refractivity contribution in [3.8, 4) is 0 Å². The summed E-state index contributed by atoms with van der Waals surface area (Å²) in [6.45, 7) is 0.461. The van der Waals surface area contributed by atoms with Gasteiger partial charge in [-0.25, -0.2) is 0 Å². The quantitative estimate of drug-likeness (QED) is 0.738. The molecule has 1 heterocycles. The Morgan fingerprint density at radius 3 is 2.76 bits per heavy atom. The largest absolute Gasteiger partial charge is 0.384 e. The summed E-state index contributed by atoms with van der Waals surface area (Å²) in [6.07, 6.45) is 9.20. The van der Waals surface area contributed by atoms with E-state index in [0.29, 0.717) is 30.3 Å². The maximum absolute atomic E-state index is 11.9. The number of rotatable bonds is 6. The van der Waals surface area contributed by atoms with E-state index in [2.05, 4.69) is 15.6 Å². The monoisotopic (exact) mass is 290 g/mol. The summed E-state index contributed by atoms with van der Waals surface area (Å²) in [5, 5.41) is 6.12. The topological polar surface area (TPSA) is 97.1 Å². The fraction of sp³-hybridized carbons (Fsp3) is 0.533. The molecule has 1 aromatic heterocycles. The highest BCUT2D eigenvalue weighted by atomic mass is 16.2. The summed E-state index contributed by atoms with van der Waals surface area (Å²) in [7, 11) is 0. The van der Waals surface area contributed by atoms with Crippen LogP contribution in [0.5, 0.6) is 0 Å². The number of aromatic nitrogens is 1. The van der Waals surface area contributed by atoms with Crippen LogP contribution >= 0.6 is 0 Å². The van der Waals surface area contributed by atoms with Gasteiger partial charge in [0.2, 0.25) is 5.91 Å². The minimum Gasteiger partial charge on any atom is -0.384 e. The summed E-state index contributed by atoms with van der Waals surface area (Å²) in [5.74, 6) is -0.485. The lowest BCUT2D eigenvalue weighted by Gasteiger charge is -2.22. The van der Waals surface area contributed by atoms with Gasteiger partial charge >= 0.3 is 0 Å². The number of pyridine rings is 1. The molecule has 1 aliphatic rings. The van der Waals surface area contributed by atoms with Crippen molar-refractivity contribution in [3.05, 3.63) is 24.0 Å². The SMILES string of the molecule is NC(=O)c1cnccc1NCCC(=O)NC1CCCCC1. The highest BCUT2D eigenvalue weighted by molar-refractivity contribution is 5.98. The maximum Gasteiger partial charge on any atom is 0.252 e. The van der Waals surface area contributed by atoms with Crippen LogP contribution in [0, 0.1) is 0 Å². The molecule has 1 fully saturated rings. The summed E-state index contributed by atoms with van der Waals surface area (Å²) in [5.41, 5.74) is 6.22. The summed E-state index contributed by atoms with van der Waals surface area (Å²) < 4.78 is 0. The lowest BCUT2D eigenvalue weighted by atomic mass is 9.95. The average molecular weight is 290 g/mol. The van der Waals surface area contributed by atoms with Gasteiger partial charge in [0.05, 0.1) is 11.3 Å². The van der Waals surface area contributed by atoms with Crippen LogP contribution in [0.15, 0.2) is 18.5 Å². The van der Waals surface area contributed by atoms with E-state index in [1.54, 1.807) is 12.3 Å². The van der Waals surface area contributed by atoms with Gasteiger partial charge in [0, 0.05) is 31.4 Å². The van der Waals surface area contributed by atoms with Crippen molar-refractivity contribution in [2.75, 3.05) is 11.9 Å². The van der Waals surface area contributed by atoms with Gasteiger partial charge in [-0.3, -0.25) is 14.6 Å². The standard InChI is InChI=1S/C15H22N4O2/c16-15(21)12-10-17-8-6-13(12)18-9-7-14(20)19-11-4-2-1-3-5-11/h6,8,10-11H,1-5,7,9H2,(H2,16,21)(H,17,18)(H,19,20). The first kappa shape index (κ1) is 15.3. The smallest absolute Gasteiger partial charge is 0.252 e. The van der Waals surface area contributed by atoms with Crippen LogP contribution in [-0.2, 0) is 4.79 Å². The van der Waals surface area contributed by atoms with E-state index >= 15 is 0 Å². The normalized spacial score (nSPS) is 15.4. The van der Waals surface area contributed by atoms with E-state index in [-0.39, 0.29) is 5.91 Å². The van der Waals surface area contributed by atoms with Crippen molar-refractivity contribution in [3.63, 3.8) is 0 Å². The number of anilines is 1. The third-order valence-corrected chi connectivity index (χ3v) is 3.72. The minimum absolute atomic E-state index is 0.0454. The van der Waals surface area contributed by atoms with Crippen molar-refractivity contribution in [1.82, 2.24) is 10.3 Å². The van der Waals surface area contributed by atoms with E-state index in [9.17, 15) is 9.59 Å². The second-order valence-corrected chi connectivity index (χ2v) is 5.36. The van der Waals surface area contributed by atoms with Crippen LogP contribution < -0.4 is 16.4 Å². The number of carbonyl (C=O) groups is 2. The van der Waals surface area contributed by atoms with Crippen molar-refractivity contribution < 1.29 is 9.59 Å². The third kappa shape index (κ3) is 4.73. The molecule has 1 aliphatic carbocycles. The van der Waals surface area contributed by atoms with Gasteiger partial charge in [0.25, 0.3) is 5.91 Å². The number of primary amides is 1. The Bertz CT molecular complexity index is 498. The van der Waals surface area contributed by atoms with Gasteiger partial charge in [-0.1, -0.05) is 19.3 Å². The zero-order chi connectivity index (χ0) is 15.1. The molecule has 0 radical (unpaired) electrons. The number of nitrogens with one attached hydrogen (secondary N) is 2. The van der Waals surface area contributed by atoms with Crippen LogP contribution in [0.3, 0.4) is 0 Å². The molecule has 0 spiro atoms. The highest BCUT2D eigenvalue weighted by Crippen LogP contribution is 2.17. The van der Waals surface area contributed by atoms with Crippen LogP contribution in [0.1, 0.15) is 48.9 Å². The molecular weight excluding hydrogens is 268 g/mol. The Morgan fingerprint density at radius 1 is 1.29 bits per heavy atom. The first-order valence-corrected chi connectivity index (χ1v) is 7.44. The Kier molecular flexibility index (Phi) is 5.54. The van der Waals surface area contributed by atoms with E-state index in [0.717, 1.165) is 12.8 Å². The number of nitrogens with zero attached hydrogens (tertiary/aromatic N) is 1. The molecule has 0 atom stereocenters. The first-order chi connectivity index (χ1) is 10.2. The fourth-order valence-corrected chi connectivity index (χ4v) is 2.60. The van der Waals surface area contributed by atoms with Crippen LogP contribution in [0.2, 0.25) is 0 Å². The molecule has 0 saturated heterocycles. The zero-order valence-corrected chi connectivity index (χ0v) is 12.1. The number of nitrogens with two attached hydrogens (primary N) is 1. The van der Waals surface area contributed by atoms with Gasteiger partial charge in [-0.05, 0) is 18.9 Å². The number of hydrogen-bond donors (Lipinski definition) is 3. The lowest BCUT2D eigenvalue weighted by molar-refractivity contribution is -0.121. The van der Waals surface area contributed by atoms with Crippen LogP contribution in [0.25, 0.3) is 0 Å². The van der Waals surface area contributed by atoms with E-state index < -0.39 is 5.91 Å². The maximum atomic E-state index is 11.9. The van der Waals surface area contributed by atoms with Crippen LogP contribution in [0.4, 0.5) is 5.69 Å². The molecule has 4 N–H and O–H groups in total. The number of carbonyl (C=O) groups excluding carboxylic acids is 2. The molecule has 0 bridgehead atoms. The molecule has 0 aliphatic heterocycles. The van der Waals surface area contributed by atoms with Crippen molar-refractivity contribution >= 4 is 17.5 Å². The summed E-state index contributed by atoms with van der Waals surface area (Å²) in [4.78, 5) is 27.0. The van der Waals surface area contributed by atoms with Crippen molar-refractivity contribution in [2.24, 2.45) is 5.73 Å². The number of amides is 2. The second kappa shape index (κ2) is 7.61. The summed E-state index contributed by atoms with van der Waals surface area (Å²) in [6, 6.07) is 2.01. The molecule has 114 valence electrons. The minimum atomic E-state index is -0.530. The molecule has 2 rings (SSSR count). The molecule has 6 nitrogen and oxygen atoms in total. The fourth-order valence-electron chi connectivity index (χ4n) is 2.60. The van der Waals surface area contributed by atoms with Crippen LogP contribution in [-0.4, -0.2) is 29.4 Å². The Hall–Kier alpha value is -2.11. The molecule has 21 heavy (non-hydrogen) atoms. The van der Waals surface area contributed by atoms with Gasteiger partial charge in [-0.2, -0.15) is 0 Å². The van der Waals surface area contributed by atoms with Crippen molar-refractivity contribution in [2.45, 2.75) is 44.6 Å². The molecule has 0 unspecified atom stereocenters. The van der Waals surface area contributed by atoms with Gasteiger partial charge in [0.1, 0.15) is 0 Å². The first-order valence-electron chi connectivity index (χ1n) is 7.44. The average Bonchev–Trinajstić information content (AvgIpc) is 2.48. The Balaban J connectivity index is 1.76. The van der Waals surface area contributed by atoms with E-state index in [4.69, 9.17) is 5.73 Å². The van der Waals surface area contributed by atoms with E-state index in [1.165, 1.54) is 25.5 Å².